The monoisotopic (exact) mass is 454 g/mol. The van der Waals surface area contributed by atoms with Crippen LogP contribution in [0.25, 0.3) is 0 Å². The van der Waals surface area contributed by atoms with Crippen LogP contribution in [0.2, 0.25) is 5.02 Å². The molecule has 0 saturated carbocycles. The van der Waals surface area contributed by atoms with Gasteiger partial charge in [-0.15, -0.1) is 0 Å². The number of piperidine rings is 1. The number of amides is 2. The summed E-state index contributed by atoms with van der Waals surface area (Å²) in [7, 11) is 2.84. The number of hydrogen-bond donors (Lipinski definition) is 0. The molecule has 10 heteroatoms. The van der Waals surface area contributed by atoms with Crippen molar-refractivity contribution in [3.63, 3.8) is 0 Å². The zero-order valence-electron chi connectivity index (χ0n) is 17.7. The molecule has 1 unspecified atom stereocenters. The Morgan fingerprint density at radius 1 is 1.16 bits per heavy atom. The van der Waals surface area contributed by atoms with Crippen LogP contribution in [0.5, 0.6) is 5.75 Å². The molecule has 2 saturated heterocycles. The lowest BCUT2D eigenvalue weighted by Gasteiger charge is -2.45. The van der Waals surface area contributed by atoms with Gasteiger partial charge in [0.2, 0.25) is 5.91 Å². The van der Waals surface area contributed by atoms with E-state index in [9.17, 15) is 14.4 Å². The molecular formula is C21H27ClN2O7. The van der Waals surface area contributed by atoms with Crippen molar-refractivity contribution >= 4 is 29.4 Å². The van der Waals surface area contributed by atoms with Crippen molar-refractivity contribution in [2.45, 2.75) is 24.8 Å². The molecule has 2 amide bonds. The first kappa shape index (κ1) is 23.3. The number of nitrogens with zero attached hydrogens (tertiary/aromatic N) is 2. The lowest BCUT2D eigenvalue weighted by Crippen LogP contribution is -2.58. The first-order valence-electron chi connectivity index (χ1n) is 10.1. The summed E-state index contributed by atoms with van der Waals surface area (Å²) in [6.45, 7) is 1.06. The number of carbonyl (C=O) groups excluding carboxylic acids is 3. The summed E-state index contributed by atoms with van der Waals surface area (Å²) in [4.78, 5) is 45.0. The molecule has 2 heterocycles. The Morgan fingerprint density at radius 2 is 1.87 bits per heavy atom. The average molecular weight is 455 g/mol. The van der Waals surface area contributed by atoms with Gasteiger partial charge in [-0.1, -0.05) is 23.7 Å². The largest absolute Gasteiger partial charge is 0.482 e. The van der Waals surface area contributed by atoms with Gasteiger partial charge in [-0.25, -0.2) is 5.06 Å². The molecule has 0 radical (unpaired) electrons. The average Bonchev–Trinajstić information content (AvgIpc) is 3.04. The van der Waals surface area contributed by atoms with Crippen molar-refractivity contribution in [1.82, 2.24) is 9.96 Å². The fourth-order valence-corrected chi connectivity index (χ4v) is 4.37. The number of benzene rings is 1. The van der Waals surface area contributed by atoms with Crippen LogP contribution in [-0.2, 0) is 28.7 Å². The minimum atomic E-state index is -0.849. The number of rotatable bonds is 8. The fraction of sp³-hybridized carbons (Fsp3) is 0.571. The number of methoxy groups -OCH3 is 2. The van der Waals surface area contributed by atoms with E-state index in [0.29, 0.717) is 43.3 Å². The van der Waals surface area contributed by atoms with Crippen molar-refractivity contribution in [2.75, 3.05) is 47.1 Å². The van der Waals surface area contributed by atoms with Crippen molar-refractivity contribution in [3.8, 4) is 5.75 Å². The summed E-state index contributed by atoms with van der Waals surface area (Å²) in [6.07, 6.45) is 0.801. The lowest BCUT2D eigenvalue weighted by atomic mass is 9.77. The highest BCUT2D eigenvalue weighted by atomic mass is 35.5. The molecule has 1 atom stereocenters. The van der Waals surface area contributed by atoms with Crippen molar-refractivity contribution in [2.24, 2.45) is 5.92 Å². The van der Waals surface area contributed by atoms with Crippen molar-refractivity contribution in [3.05, 3.63) is 29.3 Å². The summed E-state index contributed by atoms with van der Waals surface area (Å²) in [5, 5.41) is 1.75. The number of esters is 1. The minimum absolute atomic E-state index is 0.0171. The van der Waals surface area contributed by atoms with Gasteiger partial charge in [0, 0.05) is 26.6 Å². The van der Waals surface area contributed by atoms with Crippen LogP contribution in [0.15, 0.2) is 24.3 Å². The Kier molecular flexibility index (Phi) is 7.74. The summed E-state index contributed by atoms with van der Waals surface area (Å²) in [6, 6.07) is 6.94. The van der Waals surface area contributed by atoms with E-state index in [1.165, 1.54) is 19.3 Å². The van der Waals surface area contributed by atoms with Gasteiger partial charge in [-0.05, 0) is 25.0 Å². The van der Waals surface area contributed by atoms with Gasteiger partial charge in [0.25, 0.3) is 5.91 Å². The highest BCUT2D eigenvalue weighted by molar-refractivity contribution is 6.32. The summed E-state index contributed by atoms with van der Waals surface area (Å²) in [5.74, 6) is -1.12. The summed E-state index contributed by atoms with van der Waals surface area (Å²) < 4.78 is 15.5. The van der Waals surface area contributed by atoms with Crippen LogP contribution in [0, 0.1) is 5.92 Å². The van der Waals surface area contributed by atoms with E-state index in [1.54, 1.807) is 29.2 Å². The number of ether oxygens (including phenoxy) is 3. The summed E-state index contributed by atoms with van der Waals surface area (Å²) in [5.41, 5.74) is -0.849. The number of likely N-dealkylation sites (tertiary alicyclic amines) is 1. The quantitative estimate of drug-likeness (QED) is 0.435. The molecule has 31 heavy (non-hydrogen) atoms. The zero-order valence-corrected chi connectivity index (χ0v) is 18.4. The van der Waals surface area contributed by atoms with Gasteiger partial charge in [0.05, 0.1) is 36.8 Å². The molecule has 1 spiro atoms. The molecule has 3 rings (SSSR count). The van der Waals surface area contributed by atoms with Crippen molar-refractivity contribution < 1.29 is 33.4 Å². The van der Waals surface area contributed by atoms with Gasteiger partial charge >= 0.3 is 5.97 Å². The Morgan fingerprint density at radius 3 is 2.52 bits per heavy atom. The Balaban J connectivity index is 1.66. The maximum absolute atomic E-state index is 12.7. The molecule has 2 aliphatic rings. The predicted octanol–water partition coefficient (Wildman–Crippen LogP) is 1.68. The summed E-state index contributed by atoms with van der Waals surface area (Å²) >= 11 is 6.06. The van der Waals surface area contributed by atoms with Crippen molar-refractivity contribution in [1.29, 1.82) is 0 Å². The van der Waals surface area contributed by atoms with E-state index in [1.807, 2.05) is 0 Å². The van der Waals surface area contributed by atoms with Crippen LogP contribution >= 0.6 is 11.6 Å². The first-order valence-corrected chi connectivity index (χ1v) is 10.5. The Hall–Kier alpha value is -2.36. The van der Waals surface area contributed by atoms with E-state index in [0.717, 1.165) is 0 Å². The van der Waals surface area contributed by atoms with Gasteiger partial charge in [0.15, 0.2) is 6.61 Å². The van der Waals surface area contributed by atoms with Gasteiger partial charge in [0.1, 0.15) is 5.75 Å². The van der Waals surface area contributed by atoms with Gasteiger partial charge < -0.3 is 19.1 Å². The second kappa shape index (κ2) is 10.3. The molecule has 0 aromatic heterocycles. The highest BCUT2D eigenvalue weighted by Gasteiger charge is 2.58. The maximum Gasteiger partial charge on any atom is 0.311 e. The molecule has 0 bridgehead atoms. The molecule has 0 aliphatic carbocycles. The molecule has 0 N–H and O–H groups in total. The van der Waals surface area contributed by atoms with E-state index in [2.05, 4.69) is 0 Å². The molecule has 9 nitrogen and oxygen atoms in total. The first-order chi connectivity index (χ1) is 14.9. The standard InChI is InChI=1S/C21H27ClN2O7/c1-28-11-12-31-24-18(25)13-15(20(27)29-2)21(24)7-9-23(10-8-21)19(26)14-30-17-6-4-3-5-16(17)22/h3-6,15H,7-14H2,1-2H3. The SMILES string of the molecule is COCCON1C(=O)CC(C(=O)OC)C12CCN(C(=O)COc1ccccc1Cl)CC2. The molecule has 2 aliphatic heterocycles. The number of hydrogen-bond acceptors (Lipinski definition) is 7. The molecule has 1 aromatic rings. The molecular weight excluding hydrogens is 428 g/mol. The topological polar surface area (TPSA) is 94.6 Å². The Labute approximate surface area is 186 Å². The van der Waals surface area contributed by atoms with E-state index in [4.69, 9.17) is 30.6 Å². The van der Waals surface area contributed by atoms with E-state index in [-0.39, 0.29) is 31.4 Å². The molecule has 1 aromatic carbocycles. The second-order valence-corrected chi connectivity index (χ2v) is 7.90. The maximum atomic E-state index is 12.7. The number of para-hydroxylation sites is 1. The van der Waals surface area contributed by atoms with Gasteiger partial charge in [-0.3, -0.25) is 19.2 Å². The minimum Gasteiger partial charge on any atom is -0.482 e. The number of halogens is 1. The second-order valence-electron chi connectivity index (χ2n) is 7.50. The number of carbonyl (C=O) groups is 3. The highest BCUT2D eigenvalue weighted by Crippen LogP contribution is 2.44. The smallest absolute Gasteiger partial charge is 0.311 e. The van der Waals surface area contributed by atoms with Crippen LogP contribution < -0.4 is 4.74 Å². The molecule has 170 valence electrons. The predicted molar refractivity (Wildman–Crippen MR) is 110 cm³/mol. The van der Waals surface area contributed by atoms with Crippen LogP contribution in [0.3, 0.4) is 0 Å². The van der Waals surface area contributed by atoms with E-state index >= 15 is 0 Å². The zero-order chi connectivity index (χ0) is 22.4. The third-order valence-corrected chi connectivity index (χ3v) is 6.13. The van der Waals surface area contributed by atoms with Gasteiger partial charge in [-0.2, -0.15) is 0 Å². The third-order valence-electron chi connectivity index (χ3n) is 5.82. The lowest BCUT2D eigenvalue weighted by molar-refractivity contribution is -0.226. The molecule has 2 fully saturated rings. The number of hydroxylamine groups is 2. The third kappa shape index (κ3) is 4.94. The van der Waals surface area contributed by atoms with Crippen LogP contribution in [0.1, 0.15) is 19.3 Å². The normalized spacial score (nSPS) is 20.2. The van der Waals surface area contributed by atoms with Crippen LogP contribution in [-0.4, -0.2) is 80.4 Å². The Bertz CT molecular complexity index is 811. The fourth-order valence-electron chi connectivity index (χ4n) is 4.18. The van der Waals surface area contributed by atoms with Crippen LogP contribution in [0.4, 0.5) is 0 Å². The van der Waals surface area contributed by atoms with E-state index < -0.39 is 17.4 Å².